The summed E-state index contributed by atoms with van der Waals surface area (Å²) in [4.78, 5) is 6.93. The molecule has 1 N–H and O–H groups in total. The minimum atomic E-state index is 0. The van der Waals surface area contributed by atoms with Gasteiger partial charge in [-0.3, -0.25) is 4.90 Å². The Balaban J connectivity index is 0.00000176. The van der Waals surface area contributed by atoms with Gasteiger partial charge < -0.3 is 9.84 Å². The summed E-state index contributed by atoms with van der Waals surface area (Å²) in [5.41, 5.74) is 0. The number of likely N-dealkylation sites (tertiary alicyclic amines) is 1. The van der Waals surface area contributed by atoms with Crippen LogP contribution in [0, 0.1) is 11.8 Å². The maximum atomic E-state index is 5.36. The van der Waals surface area contributed by atoms with Crippen LogP contribution in [0.2, 0.25) is 0 Å². The highest BCUT2D eigenvalue weighted by Crippen LogP contribution is 2.28. The van der Waals surface area contributed by atoms with E-state index >= 15 is 0 Å². The third kappa shape index (κ3) is 5.52. The first-order valence-corrected chi connectivity index (χ1v) is 8.46. The molecule has 0 unspecified atom stereocenters. The molecular formula is C16H29ClN4O. The molecule has 3 rings (SSSR count). The van der Waals surface area contributed by atoms with Crippen LogP contribution in [0.25, 0.3) is 0 Å². The molecule has 2 heterocycles. The van der Waals surface area contributed by atoms with Crippen molar-refractivity contribution in [2.24, 2.45) is 11.8 Å². The molecule has 0 aromatic carbocycles. The zero-order chi connectivity index (χ0) is 14.7. The van der Waals surface area contributed by atoms with E-state index < -0.39 is 0 Å². The zero-order valence-corrected chi connectivity index (χ0v) is 14.6. The van der Waals surface area contributed by atoms with Crippen molar-refractivity contribution in [1.82, 2.24) is 20.4 Å². The van der Waals surface area contributed by atoms with E-state index in [1.165, 1.54) is 32.2 Å². The number of hydrogen-bond donors (Lipinski definition) is 1. The molecule has 1 aromatic heterocycles. The van der Waals surface area contributed by atoms with Gasteiger partial charge in [0.1, 0.15) is 0 Å². The van der Waals surface area contributed by atoms with Crippen molar-refractivity contribution in [1.29, 1.82) is 0 Å². The Morgan fingerprint density at radius 3 is 2.59 bits per heavy atom. The van der Waals surface area contributed by atoms with Crippen LogP contribution >= 0.6 is 12.4 Å². The lowest BCUT2D eigenvalue weighted by molar-refractivity contribution is 0.170. The van der Waals surface area contributed by atoms with E-state index in [2.05, 4.69) is 34.2 Å². The van der Waals surface area contributed by atoms with Crippen molar-refractivity contribution in [3.05, 3.63) is 11.7 Å². The Labute approximate surface area is 139 Å². The van der Waals surface area contributed by atoms with Crippen LogP contribution in [0.5, 0.6) is 0 Å². The summed E-state index contributed by atoms with van der Waals surface area (Å²) < 4.78 is 5.36. The molecule has 6 heteroatoms. The third-order valence-electron chi connectivity index (χ3n) is 4.44. The molecule has 2 aliphatic rings. The molecule has 22 heavy (non-hydrogen) atoms. The SMILES string of the molecule is CC(C)Cc1noc(CN2CCC(NCC3CC3)CC2)n1.Cl. The topological polar surface area (TPSA) is 54.2 Å². The van der Waals surface area contributed by atoms with E-state index in [9.17, 15) is 0 Å². The minimum Gasteiger partial charge on any atom is -0.338 e. The quantitative estimate of drug-likeness (QED) is 0.834. The van der Waals surface area contributed by atoms with Gasteiger partial charge in [0.25, 0.3) is 0 Å². The zero-order valence-electron chi connectivity index (χ0n) is 13.8. The van der Waals surface area contributed by atoms with Crippen LogP contribution in [-0.4, -0.2) is 40.7 Å². The number of aromatic nitrogens is 2. The first-order chi connectivity index (χ1) is 10.2. The van der Waals surface area contributed by atoms with Crippen molar-refractivity contribution in [3.63, 3.8) is 0 Å². The maximum Gasteiger partial charge on any atom is 0.240 e. The molecule has 0 spiro atoms. The summed E-state index contributed by atoms with van der Waals surface area (Å²) >= 11 is 0. The fourth-order valence-electron chi connectivity index (χ4n) is 2.94. The highest BCUT2D eigenvalue weighted by molar-refractivity contribution is 5.85. The lowest BCUT2D eigenvalue weighted by atomic mass is 10.0. The fraction of sp³-hybridized carbons (Fsp3) is 0.875. The first-order valence-electron chi connectivity index (χ1n) is 8.46. The van der Waals surface area contributed by atoms with Gasteiger partial charge in [-0.1, -0.05) is 19.0 Å². The number of piperidine rings is 1. The highest BCUT2D eigenvalue weighted by Gasteiger charge is 2.25. The van der Waals surface area contributed by atoms with Crippen molar-refractivity contribution >= 4 is 12.4 Å². The van der Waals surface area contributed by atoms with E-state index in [0.29, 0.717) is 12.0 Å². The summed E-state index contributed by atoms with van der Waals surface area (Å²) in [5.74, 6) is 3.17. The number of hydrogen-bond acceptors (Lipinski definition) is 5. The molecule has 0 radical (unpaired) electrons. The molecule has 5 nitrogen and oxygen atoms in total. The van der Waals surface area contributed by atoms with E-state index in [4.69, 9.17) is 4.52 Å². The van der Waals surface area contributed by atoms with Crippen molar-refractivity contribution in [2.75, 3.05) is 19.6 Å². The Morgan fingerprint density at radius 2 is 1.95 bits per heavy atom. The van der Waals surface area contributed by atoms with Gasteiger partial charge in [-0.2, -0.15) is 4.98 Å². The van der Waals surface area contributed by atoms with Gasteiger partial charge >= 0.3 is 0 Å². The van der Waals surface area contributed by atoms with Gasteiger partial charge in [-0.25, -0.2) is 0 Å². The summed E-state index contributed by atoms with van der Waals surface area (Å²) in [5, 5.41) is 7.78. The average molecular weight is 329 g/mol. The summed E-state index contributed by atoms with van der Waals surface area (Å²) in [7, 11) is 0. The summed E-state index contributed by atoms with van der Waals surface area (Å²) in [6.45, 7) is 8.65. The van der Waals surface area contributed by atoms with E-state index in [1.54, 1.807) is 0 Å². The molecule has 126 valence electrons. The van der Waals surface area contributed by atoms with Crippen LogP contribution in [0.4, 0.5) is 0 Å². The second kappa shape index (κ2) is 8.27. The maximum absolute atomic E-state index is 5.36. The Morgan fingerprint density at radius 1 is 1.23 bits per heavy atom. The van der Waals surface area contributed by atoms with Crippen molar-refractivity contribution in [2.45, 2.75) is 58.5 Å². The predicted molar refractivity (Wildman–Crippen MR) is 89.1 cm³/mol. The standard InChI is InChI=1S/C16H28N4O.ClH/c1-12(2)9-15-18-16(21-19-15)11-20-7-5-14(6-8-20)17-10-13-3-4-13;/h12-14,17H,3-11H2,1-2H3;1H. The normalized spacial score (nSPS) is 20.3. The second-order valence-electron chi connectivity index (χ2n) is 7.10. The van der Waals surface area contributed by atoms with Crippen LogP contribution in [0.15, 0.2) is 4.52 Å². The number of rotatable bonds is 7. The molecule has 1 aliphatic heterocycles. The Hall–Kier alpha value is -0.650. The number of nitrogens with zero attached hydrogens (tertiary/aromatic N) is 3. The largest absolute Gasteiger partial charge is 0.338 e. The summed E-state index contributed by atoms with van der Waals surface area (Å²) in [6, 6.07) is 0.709. The van der Waals surface area contributed by atoms with Crippen LogP contribution in [0.3, 0.4) is 0 Å². The van der Waals surface area contributed by atoms with E-state index in [-0.39, 0.29) is 12.4 Å². The lowest BCUT2D eigenvalue weighted by Crippen LogP contribution is -2.42. The molecular weight excluding hydrogens is 300 g/mol. The highest BCUT2D eigenvalue weighted by atomic mass is 35.5. The monoisotopic (exact) mass is 328 g/mol. The lowest BCUT2D eigenvalue weighted by Gasteiger charge is -2.31. The Bertz CT molecular complexity index is 439. The third-order valence-corrected chi connectivity index (χ3v) is 4.44. The number of halogens is 1. The molecule has 1 saturated heterocycles. The van der Waals surface area contributed by atoms with Crippen LogP contribution < -0.4 is 5.32 Å². The Kier molecular flexibility index (Phi) is 6.66. The predicted octanol–water partition coefficient (Wildman–Crippen LogP) is 2.65. The molecule has 2 fully saturated rings. The second-order valence-corrected chi connectivity index (χ2v) is 7.10. The molecule has 1 aliphatic carbocycles. The molecule has 0 amide bonds. The fourth-order valence-corrected chi connectivity index (χ4v) is 2.94. The smallest absolute Gasteiger partial charge is 0.240 e. The average Bonchev–Trinajstić information content (AvgIpc) is 3.19. The minimum absolute atomic E-state index is 0. The van der Waals surface area contributed by atoms with Gasteiger partial charge in [0.15, 0.2) is 5.82 Å². The molecule has 0 bridgehead atoms. The van der Waals surface area contributed by atoms with Crippen LogP contribution in [0.1, 0.15) is 51.2 Å². The van der Waals surface area contributed by atoms with Crippen LogP contribution in [-0.2, 0) is 13.0 Å². The van der Waals surface area contributed by atoms with E-state index in [1.807, 2.05) is 0 Å². The number of nitrogens with one attached hydrogen (secondary N) is 1. The van der Waals surface area contributed by atoms with E-state index in [0.717, 1.165) is 43.7 Å². The molecule has 1 saturated carbocycles. The van der Waals surface area contributed by atoms with Gasteiger partial charge in [-0.05, 0) is 44.1 Å². The van der Waals surface area contributed by atoms with Crippen molar-refractivity contribution in [3.8, 4) is 0 Å². The molecule has 0 atom stereocenters. The van der Waals surface area contributed by atoms with Crippen molar-refractivity contribution < 1.29 is 4.52 Å². The summed E-state index contributed by atoms with van der Waals surface area (Å²) in [6.07, 6.45) is 6.24. The molecule has 1 aromatic rings. The van der Waals surface area contributed by atoms with Gasteiger partial charge in [0.05, 0.1) is 6.54 Å². The van der Waals surface area contributed by atoms with Gasteiger partial charge in [0, 0.05) is 25.6 Å². The first kappa shape index (κ1) is 17.7. The van der Waals surface area contributed by atoms with Gasteiger partial charge in [0.2, 0.25) is 5.89 Å². The van der Waals surface area contributed by atoms with Gasteiger partial charge in [-0.15, -0.1) is 12.4 Å².